The summed E-state index contributed by atoms with van der Waals surface area (Å²) in [6.45, 7) is 2.21. The zero-order valence-electron chi connectivity index (χ0n) is 15.3. The van der Waals surface area contributed by atoms with Crippen LogP contribution >= 0.6 is 11.6 Å². The van der Waals surface area contributed by atoms with E-state index in [1.807, 2.05) is 6.92 Å². The molecule has 1 aliphatic rings. The van der Waals surface area contributed by atoms with Crippen LogP contribution in [-0.4, -0.2) is 35.0 Å². The Hall–Kier alpha value is -3.13. The summed E-state index contributed by atoms with van der Waals surface area (Å²) in [4.78, 5) is 32.2. The van der Waals surface area contributed by atoms with Crippen LogP contribution < -0.4 is 10.6 Å². The Morgan fingerprint density at radius 3 is 2.86 bits per heavy atom. The van der Waals surface area contributed by atoms with Gasteiger partial charge in [-0.2, -0.15) is 0 Å². The van der Waals surface area contributed by atoms with E-state index in [2.05, 4.69) is 25.3 Å². The summed E-state index contributed by atoms with van der Waals surface area (Å²) in [6, 6.07) is 6.34. The lowest BCUT2D eigenvalue weighted by Crippen LogP contribution is -2.30. The van der Waals surface area contributed by atoms with Crippen LogP contribution in [0.15, 0.2) is 35.5 Å². The van der Waals surface area contributed by atoms with E-state index in [-0.39, 0.29) is 29.1 Å². The third-order valence-corrected chi connectivity index (χ3v) is 4.62. The lowest BCUT2D eigenvalue weighted by Gasteiger charge is -2.15. The molecule has 0 bridgehead atoms. The average Bonchev–Trinajstić information content (AvgIpc) is 3.05. The van der Waals surface area contributed by atoms with E-state index in [0.29, 0.717) is 23.6 Å². The van der Waals surface area contributed by atoms with Gasteiger partial charge in [0, 0.05) is 11.8 Å². The first-order valence-electron chi connectivity index (χ1n) is 8.52. The predicted octanol–water partition coefficient (Wildman–Crippen LogP) is 2.48. The predicted molar refractivity (Wildman–Crippen MR) is 103 cm³/mol. The number of fused-ring (bicyclic) bond motifs is 1. The molecule has 0 saturated carbocycles. The molecule has 2 aromatic rings. The van der Waals surface area contributed by atoms with Crippen LogP contribution in [0.25, 0.3) is 0 Å². The number of aliphatic imine (C=N–C) groups is 1. The number of amides is 2. The lowest BCUT2D eigenvalue weighted by molar-refractivity contribution is -0.121. The Labute approximate surface area is 166 Å². The quantitative estimate of drug-likeness (QED) is 0.727. The number of pyridine rings is 1. The smallest absolute Gasteiger partial charge is 0.412 e. The van der Waals surface area contributed by atoms with Crippen molar-refractivity contribution in [2.45, 2.75) is 25.9 Å². The molecule has 0 unspecified atom stereocenters. The number of hydrogen-bond acceptors (Lipinski definition) is 6. The Balaban J connectivity index is 1.62. The second-order valence-corrected chi connectivity index (χ2v) is 6.70. The fourth-order valence-electron chi connectivity index (χ4n) is 2.83. The molecule has 2 amide bonds. The number of carbonyl (C=O) groups is 2. The maximum absolute atomic E-state index is 12.4. The number of ether oxygens (including phenoxy) is 1. The number of phenolic OH excluding ortho intramolecular Hbond substituents is 1. The van der Waals surface area contributed by atoms with Crippen LogP contribution in [0.5, 0.6) is 5.75 Å². The van der Waals surface area contributed by atoms with Gasteiger partial charge in [0.25, 0.3) is 0 Å². The number of benzene rings is 1. The number of hydrogen-bond donors (Lipinski definition) is 3. The van der Waals surface area contributed by atoms with Crippen molar-refractivity contribution in [1.82, 2.24) is 15.6 Å². The Morgan fingerprint density at radius 1 is 1.36 bits per heavy atom. The number of nitrogens with zero attached hydrogens (tertiary/aromatic N) is 2. The van der Waals surface area contributed by atoms with Crippen LogP contribution in [0.4, 0.5) is 4.79 Å². The van der Waals surface area contributed by atoms with Gasteiger partial charge in [0.15, 0.2) is 0 Å². The lowest BCUT2D eigenvalue weighted by atomic mass is 10.1. The highest BCUT2D eigenvalue weighted by atomic mass is 35.5. The maximum atomic E-state index is 12.4. The Morgan fingerprint density at radius 2 is 2.14 bits per heavy atom. The number of amidine groups is 1. The van der Waals surface area contributed by atoms with E-state index >= 15 is 0 Å². The molecule has 3 rings (SSSR count). The second-order valence-electron chi connectivity index (χ2n) is 6.29. The highest BCUT2D eigenvalue weighted by Gasteiger charge is 2.20. The molecule has 8 nitrogen and oxygen atoms in total. The van der Waals surface area contributed by atoms with E-state index < -0.39 is 6.09 Å². The molecule has 1 aromatic heterocycles. The second kappa shape index (κ2) is 8.26. The fourth-order valence-corrected chi connectivity index (χ4v) is 2.95. The molecule has 1 aliphatic heterocycles. The number of alkyl carbamates (subject to hydrolysis) is 1. The standard InChI is InChI=1S/C19H19ClN4O4/c1-10(11-3-4-15(20)16(25)6-11)23-17(26)7-13-5-12-8-22-18(14(12)9-21-13)24-19(27)28-2/h3-6,9-10,25H,7-8H2,1-2H3,(H,23,26)(H,22,24,27)/t10-/m1/s1. The first-order chi connectivity index (χ1) is 13.4. The Bertz CT molecular complexity index is 961. The van der Waals surface area contributed by atoms with Gasteiger partial charge in [-0.05, 0) is 36.2 Å². The monoisotopic (exact) mass is 402 g/mol. The zero-order chi connectivity index (χ0) is 20.3. The molecule has 0 fully saturated rings. The van der Waals surface area contributed by atoms with E-state index in [9.17, 15) is 14.7 Å². The Kier molecular flexibility index (Phi) is 5.79. The average molecular weight is 403 g/mol. The molecule has 2 heterocycles. The number of halogens is 1. The number of nitrogens with one attached hydrogen (secondary N) is 2. The molecule has 0 aliphatic carbocycles. The maximum Gasteiger partial charge on any atom is 0.412 e. The molecular formula is C19H19ClN4O4. The minimum Gasteiger partial charge on any atom is -0.506 e. The fraction of sp³-hybridized carbons (Fsp3) is 0.263. The number of aromatic nitrogens is 1. The molecule has 1 aromatic carbocycles. The normalized spacial score (nSPS) is 13.3. The number of aromatic hydroxyl groups is 1. The van der Waals surface area contributed by atoms with Crippen molar-refractivity contribution in [3.63, 3.8) is 0 Å². The number of methoxy groups -OCH3 is 1. The van der Waals surface area contributed by atoms with Gasteiger partial charge < -0.3 is 15.2 Å². The minimum atomic E-state index is -0.600. The summed E-state index contributed by atoms with van der Waals surface area (Å²) in [7, 11) is 1.28. The molecule has 0 saturated heterocycles. The van der Waals surface area contributed by atoms with Gasteiger partial charge in [-0.15, -0.1) is 0 Å². The van der Waals surface area contributed by atoms with Gasteiger partial charge in [0.2, 0.25) is 5.91 Å². The third-order valence-electron chi connectivity index (χ3n) is 4.30. The van der Waals surface area contributed by atoms with Crippen LogP contribution in [0, 0.1) is 0 Å². The van der Waals surface area contributed by atoms with Crippen molar-refractivity contribution in [3.8, 4) is 5.75 Å². The van der Waals surface area contributed by atoms with E-state index in [0.717, 1.165) is 11.1 Å². The van der Waals surface area contributed by atoms with Crippen molar-refractivity contribution in [1.29, 1.82) is 0 Å². The largest absolute Gasteiger partial charge is 0.506 e. The summed E-state index contributed by atoms with van der Waals surface area (Å²) >= 11 is 5.81. The first kappa shape index (κ1) is 19.6. The number of phenols is 1. The first-order valence-corrected chi connectivity index (χ1v) is 8.90. The SMILES string of the molecule is COC(=O)NC1=NCc2cc(CC(=O)N[C@H](C)c3ccc(Cl)c(O)c3)ncc21. The summed E-state index contributed by atoms with van der Waals surface area (Å²) in [5, 5.41) is 15.4. The van der Waals surface area contributed by atoms with Gasteiger partial charge in [-0.1, -0.05) is 17.7 Å². The van der Waals surface area contributed by atoms with Gasteiger partial charge in [-0.3, -0.25) is 20.1 Å². The zero-order valence-corrected chi connectivity index (χ0v) is 16.1. The summed E-state index contributed by atoms with van der Waals surface area (Å²) in [6.07, 6.45) is 1.08. The van der Waals surface area contributed by atoms with Crippen molar-refractivity contribution in [2.75, 3.05) is 7.11 Å². The summed E-state index contributed by atoms with van der Waals surface area (Å²) in [5.74, 6) is 0.166. The summed E-state index contributed by atoms with van der Waals surface area (Å²) < 4.78 is 4.56. The molecular weight excluding hydrogens is 384 g/mol. The molecule has 0 spiro atoms. The molecule has 146 valence electrons. The highest BCUT2D eigenvalue weighted by Crippen LogP contribution is 2.26. The molecule has 9 heteroatoms. The molecule has 3 N–H and O–H groups in total. The van der Waals surface area contributed by atoms with Crippen LogP contribution in [0.3, 0.4) is 0 Å². The van der Waals surface area contributed by atoms with E-state index in [1.54, 1.807) is 24.4 Å². The third kappa shape index (κ3) is 4.40. The van der Waals surface area contributed by atoms with Gasteiger partial charge >= 0.3 is 6.09 Å². The van der Waals surface area contributed by atoms with Gasteiger partial charge in [0.1, 0.15) is 11.6 Å². The van der Waals surface area contributed by atoms with Crippen LogP contribution in [-0.2, 0) is 22.5 Å². The topological polar surface area (TPSA) is 113 Å². The van der Waals surface area contributed by atoms with Crippen molar-refractivity contribution >= 4 is 29.4 Å². The number of rotatable bonds is 4. The molecule has 28 heavy (non-hydrogen) atoms. The van der Waals surface area contributed by atoms with Crippen molar-refractivity contribution in [2.24, 2.45) is 4.99 Å². The van der Waals surface area contributed by atoms with Crippen LogP contribution in [0.1, 0.15) is 35.3 Å². The summed E-state index contributed by atoms with van der Waals surface area (Å²) in [5.41, 5.74) is 2.92. The number of carbonyl (C=O) groups excluding carboxylic acids is 2. The highest BCUT2D eigenvalue weighted by molar-refractivity contribution is 6.32. The van der Waals surface area contributed by atoms with Gasteiger partial charge in [-0.25, -0.2) is 4.79 Å². The van der Waals surface area contributed by atoms with Crippen molar-refractivity contribution < 1.29 is 19.4 Å². The molecule has 1 atom stereocenters. The van der Waals surface area contributed by atoms with E-state index in [1.165, 1.54) is 13.2 Å². The van der Waals surface area contributed by atoms with Crippen molar-refractivity contribution in [3.05, 3.63) is 57.9 Å². The molecule has 0 radical (unpaired) electrons. The van der Waals surface area contributed by atoms with Crippen LogP contribution in [0.2, 0.25) is 5.02 Å². The van der Waals surface area contributed by atoms with Gasteiger partial charge in [0.05, 0.1) is 36.8 Å². The minimum absolute atomic E-state index is 0.0306. The van der Waals surface area contributed by atoms with E-state index in [4.69, 9.17) is 11.6 Å².